The lowest BCUT2D eigenvalue weighted by Gasteiger charge is -2.25. The van der Waals surface area contributed by atoms with Crippen molar-refractivity contribution in [2.75, 3.05) is 0 Å². The first-order chi connectivity index (χ1) is 8.80. The van der Waals surface area contributed by atoms with Crippen molar-refractivity contribution >= 4 is 11.9 Å². The number of carbonyl (C=O) groups is 2. The maximum Gasteiger partial charge on any atom is 0.329 e. The highest BCUT2D eigenvalue weighted by atomic mass is 19.1. The van der Waals surface area contributed by atoms with Crippen LogP contribution >= 0.6 is 0 Å². The van der Waals surface area contributed by atoms with Crippen LogP contribution in [0.3, 0.4) is 0 Å². The molecule has 4 nitrogen and oxygen atoms in total. The molecule has 0 aliphatic carbocycles. The lowest BCUT2D eigenvalue weighted by atomic mass is 9.95. The summed E-state index contributed by atoms with van der Waals surface area (Å²) in [6.45, 7) is 4.98. The van der Waals surface area contributed by atoms with Gasteiger partial charge in [-0.25, -0.2) is 9.18 Å². The number of carboxylic acid groups (broad SMARTS) is 1. The molecule has 1 rings (SSSR count). The van der Waals surface area contributed by atoms with Gasteiger partial charge >= 0.3 is 5.97 Å². The zero-order valence-corrected chi connectivity index (χ0v) is 11.3. The minimum absolute atomic E-state index is 0.136. The van der Waals surface area contributed by atoms with Crippen LogP contribution in [0.1, 0.15) is 42.6 Å². The Morgan fingerprint density at radius 3 is 2.58 bits per heavy atom. The van der Waals surface area contributed by atoms with Crippen LogP contribution in [-0.4, -0.2) is 22.5 Å². The third kappa shape index (κ3) is 3.53. The standard InChI is InChI=1S/C14H18FNO3/c1-4-7-14(3,13(18)19)16-12(17)10-8-9(2)5-6-11(10)15/h5-6,8H,4,7H2,1-3H3,(H,16,17)(H,18,19). The van der Waals surface area contributed by atoms with Crippen molar-refractivity contribution in [2.24, 2.45) is 0 Å². The molecule has 0 bridgehead atoms. The summed E-state index contributed by atoms with van der Waals surface area (Å²) < 4.78 is 13.6. The number of carboxylic acids is 1. The fraction of sp³-hybridized carbons (Fsp3) is 0.429. The van der Waals surface area contributed by atoms with Crippen LogP contribution in [0.25, 0.3) is 0 Å². The zero-order chi connectivity index (χ0) is 14.6. The fourth-order valence-electron chi connectivity index (χ4n) is 1.85. The van der Waals surface area contributed by atoms with Gasteiger partial charge in [-0.15, -0.1) is 0 Å². The van der Waals surface area contributed by atoms with Crippen LogP contribution in [0.15, 0.2) is 18.2 Å². The van der Waals surface area contributed by atoms with E-state index in [1.807, 2.05) is 6.92 Å². The first kappa shape index (κ1) is 15.1. The molecule has 1 aromatic carbocycles. The summed E-state index contributed by atoms with van der Waals surface area (Å²) >= 11 is 0. The Hall–Kier alpha value is -1.91. The van der Waals surface area contributed by atoms with E-state index in [0.29, 0.717) is 6.42 Å². The van der Waals surface area contributed by atoms with Gasteiger partial charge in [-0.3, -0.25) is 4.79 Å². The number of aryl methyl sites for hydroxylation is 1. The Morgan fingerprint density at radius 1 is 1.42 bits per heavy atom. The Labute approximate surface area is 111 Å². The molecular weight excluding hydrogens is 249 g/mol. The highest BCUT2D eigenvalue weighted by Gasteiger charge is 2.34. The van der Waals surface area contributed by atoms with Gasteiger partial charge in [0, 0.05) is 0 Å². The average molecular weight is 267 g/mol. The third-order valence-electron chi connectivity index (χ3n) is 2.98. The summed E-state index contributed by atoms with van der Waals surface area (Å²) in [5.41, 5.74) is -0.787. The summed E-state index contributed by atoms with van der Waals surface area (Å²) in [7, 11) is 0. The number of amides is 1. The molecule has 1 amide bonds. The molecule has 0 aromatic heterocycles. The molecule has 0 saturated heterocycles. The van der Waals surface area contributed by atoms with Gasteiger partial charge in [0.15, 0.2) is 0 Å². The number of benzene rings is 1. The third-order valence-corrected chi connectivity index (χ3v) is 2.98. The highest BCUT2D eigenvalue weighted by Crippen LogP contribution is 2.16. The first-order valence-corrected chi connectivity index (χ1v) is 6.12. The van der Waals surface area contributed by atoms with Crippen LogP contribution in [0.5, 0.6) is 0 Å². The van der Waals surface area contributed by atoms with Crippen molar-refractivity contribution in [2.45, 2.75) is 39.2 Å². The van der Waals surface area contributed by atoms with Crippen molar-refractivity contribution in [3.8, 4) is 0 Å². The molecule has 0 aliphatic rings. The molecular formula is C14H18FNO3. The predicted octanol–water partition coefficient (Wildman–Crippen LogP) is 2.51. The Kier molecular flexibility index (Phi) is 4.64. The molecule has 0 aliphatic heterocycles. The summed E-state index contributed by atoms with van der Waals surface area (Å²) in [5.74, 6) is -2.50. The quantitative estimate of drug-likeness (QED) is 0.861. The average Bonchev–Trinajstić information content (AvgIpc) is 2.32. The van der Waals surface area contributed by atoms with E-state index in [1.54, 1.807) is 13.0 Å². The SMILES string of the molecule is CCCC(C)(NC(=O)c1cc(C)ccc1F)C(=O)O. The Bertz CT molecular complexity index is 501. The number of rotatable bonds is 5. The van der Waals surface area contributed by atoms with E-state index in [-0.39, 0.29) is 12.0 Å². The molecule has 5 heteroatoms. The molecule has 2 N–H and O–H groups in total. The van der Waals surface area contributed by atoms with Crippen LogP contribution in [0.4, 0.5) is 4.39 Å². The highest BCUT2D eigenvalue weighted by molar-refractivity contribution is 5.98. The normalized spacial score (nSPS) is 13.7. The maximum absolute atomic E-state index is 13.6. The molecule has 1 unspecified atom stereocenters. The molecule has 0 fully saturated rings. The van der Waals surface area contributed by atoms with Gasteiger partial charge in [0.25, 0.3) is 5.91 Å². The molecule has 0 spiro atoms. The van der Waals surface area contributed by atoms with Gasteiger partial charge in [0.05, 0.1) is 5.56 Å². The number of carbonyl (C=O) groups excluding carboxylic acids is 1. The van der Waals surface area contributed by atoms with Crippen molar-refractivity contribution < 1.29 is 19.1 Å². The summed E-state index contributed by atoms with van der Waals surface area (Å²) in [4.78, 5) is 23.2. The summed E-state index contributed by atoms with van der Waals surface area (Å²) in [5, 5.41) is 11.6. The molecule has 104 valence electrons. The summed E-state index contributed by atoms with van der Waals surface area (Å²) in [6, 6.07) is 4.15. The lowest BCUT2D eigenvalue weighted by Crippen LogP contribution is -2.52. The second-order valence-electron chi connectivity index (χ2n) is 4.82. The molecule has 1 aromatic rings. The van der Waals surface area contributed by atoms with Crippen LogP contribution in [-0.2, 0) is 4.79 Å². The number of nitrogens with one attached hydrogen (secondary N) is 1. The van der Waals surface area contributed by atoms with Crippen molar-refractivity contribution in [3.63, 3.8) is 0 Å². The number of halogens is 1. The van der Waals surface area contributed by atoms with Gasteiger partial charge in [-0.1, -0.05) is 25.0 Å². The van der Waals surface area contributed by atoms with Gasteiger partial charge < -0.3 is 10.4 Å². The lowest BCUT2D eigenvalue weighted by molar-refractivity contribution is -0.144. The topological polar surface area (TPSA) is 66.4 Å². The van der Waals surface area contributed by atoms with E-state index < -0.39 is 23.2 Å². The molecule has 0 saturated carbocycles. The molecule has 0 heterocycles. The maximum atomic E-state index is 13.6. The van der Waals surface area contributed by atoms with E-state index in [4.69, 9.17) is 0 Å². The minimum atomic E-state index is -1.39. The predicted molar refractivity (Wildman–Crippen MR) is 69.6 cm³/mol. The van der Waals surface area contributed by atoms with Gasteiger partial charge in [-0.05, 0) is 32.4 Å². The molecule has 19 heavy (non-hydrogen) atoms. The molecule has 0 radical (unpaired) electrons. The van der Waals surface area contributed by atoms with Crippen LogP contribution < -0.4 is 5.32 Å². The van der Waals surface area contributed by atoms with E-state index in [2.05, 4.69) is 5.32 Å². The van der Waals surface area contributed by atoms with Gasteiger partial charge in [0.1, 0.15) is 11.4 Å². The van der Waals surface area contributed by atoms with E-state index in [9.17, 15) is 19.1 Å². The summed E-state index contributed by atoms with van der Waals surface area (Å²) in [6.07, 6.45) is 0.876. The first-order valence-electron chi connectivity index (χ1n) is 6.12. The smallest absolute Gasteiger partial charge is 0.329 e. The number of hydrogen-bond acceptors (Lipinski definition) is 2. The van der Waals surface area contributed by atoms with E-state index >= 15 is 0 Å². The van der Waals surface area contributed by atoms with E-state index in [1.165, 1.54) is 19.1 Å². The second kappa shape index (κ2) is 5.82. The van der Waals surface area contributed by atoms with Crippen LogP contribution in [0, 0.1) is 12.7 Å². The largest absolute Gasteiger partial charge is 0.480 e. The number of hydrogen-bond donors (Lipinski definition) is 2. The monoisotopic (exact) mass is 267 g/mol. The van der Waals surface area contributed by atoms with E-state index in [0.717, 1.165) is 5.56 Å². The zero-order valence-electron chi connectivity index (χ0n) is 11.3. The van der Waals surface area contributed by atoms with Crippen molar-refractivity contribution in [1.82, 2.24) is 5.32 Å². The van der Waals surface area contributed by atoms with Crippen LogP contribution in [0.2, 0.25) is 0 Å². The van der Waals surface area contributed by atoms with Crippen molar-refractivity contribution in [3.05, 3.63) is 35.1 Å². The molecule has 1 atom stereocenters. The van der Waals surface area contributed by atoms with Crippen molar-refractivity contribution in [1.29, 1.82) is 0 Å². The Morgan fingerprint density at radius 2 is 2.05 bits per heavy atom. The Balaban J connectivity index is 3.00. The minimum Gasteiger partial charge on any atom is -0.480 e. The van der Waals surface area contributed by atoms with Gasteiger partial charge in [-0.2, -0.15) is 0 Å². The second-order valence-corrected chi connectivity index (χ2v) is 4.82. The fourth-order valence-corrected chi connectivity index (χ4v) is 1.85. The number of aliphatic carboxylic acids is 1. The van der Waals surface area contributed by atoms with Gasteiger partial charge in [0.2, 0.25) is 0 Å².